The van der Waals surface area contributed by atoms with Crippen molar-refractivity contribution in [2.24, 2.45) is 5.92 Å². The van der Waals surface area contributed by atoms with Gasteiger partial charge in [-0.05, 0) is 61.2 Å². The maximum atomic E-state index is 15.7. The molecule has 226 valence electrons. The van der Waals surface area contributed by atoms with Gasteiger partial charge in [0.2, 0.25) is 14.3 Å². The molecular weight excluding hydrogens is 561 g/mol. The van der Waals surface area contributed by atoms with Crippen molar-refractivity contribution in [2.75, 3.05) is 13.2 Å². The van der Waals surface area contributed by atoms with E-state index in [0.717, 1.165) is 22.9 Å². The van der Waals surface area contributed by atoms with Gasteiger partial charge >= 0.3 is 0 Å². The lowest BCUT2D eigenvalue weighted by atomic mass is 9.95. The van der Waals surface area contributed by atoms with Crippen LogP contribution in [0.25, 0.3) is 16.5 Å². The number of hydrogen-bond acceptors (Lipinski definition) is 5. The molecule has 7 nitrogen and oxygen atoms in total. The second-order valence-corrected chi connectivity index (χ2v) is 15.8. The molecule has 4 atom stereocenters. The standard InChI is InChI=1S/C34H40FN3O4Si/c1-24-30(18-15-25-13-16-28(17-14-25)38-34(41)29-12-8-7-11-27(29)22-36-38)42-31(33(24)43(2,3)35)21-32(40)37(19-20-39)23-26-9-5-4-6-10-26/h4-14,16-17,22,24,30-31,33,39H,15,18-21,23H2,1-3H3/t24-,30+,31-,33+/m0/s1. The summed E-state index contributed by atoms with van der Waals surface area (Å²) in [4.78, 5) is 28.0. The number of aryl methyl sites for hydroxylation is 1. The third kappa shape index (κ3) is 7.12. The molecule has 1 saturated heterocycles. The van der Waals surface area contributed by atoms with E-state index >= 15 is 4.11 Å². The minimum Gasteiger partial charge on any atom is -0.395 e. The molecule has 1 aliphatic heterocycles. The Bertz CT molecular complexity index is 1590. The van der Waals surface area contributed by atoms with E-state index in [2.05, 4.69) is 5.10 Å². The number of carbonyl (C=O) groups is 1. The molecule has 1 N–H and O–H groups in total. The molecule has 3 aromatic carbocycles. The first-order valence-electron chi connectivity index (χ1n) is 15.0. The van der Waals surface area contributed by atoms with Crippen LogP contribution in [0.4, 0.5) is 4.11 Å². The first-order valence-corrected chi connectivity index (χ1v) is 17.9. The predicted octanol–water partition coefficient (Wildman–Crippen LogP) is 5.68. The predicted molar refractivity (Wildman–Crippen MR) is 169 cm³/mol. The van der Waals surface area contributed by atoms with Crippen molar-refractivity contribution in [1.82, 2.24) is 14.7 Å². The molecule has 0 spiro atoms. The highest BCUT2D eigenvalue weighted by Crippen LogP contribution is 2.47. The van der Waals surface area contributed by atoms with Crippen molar-refractivity contribution in [3.63, 3.8) is 0 Å². The highest BCUT2D eigenvalue weighted by atomic mass is 28.4. The second-order valence-electron chi connectivity index (χ2n) is 12.0. The zero-order chi connectivity index (χ0) is 30.6. The quantitative estimate of drug-likeness (QED) is 0.177. The maximum absolute atomic E-state index is 15.7. The normalized spacial score (nSPS) is 20.4. The molecule has 0 radical (unpaired) electrons. The Morgan fingerprint density at radius 3 is 2.40 bits per heavy atom. The number of ether oxygens (including phenoxy) is 1. The molecule has 43 heavy (non-hydrogen) atoms. The highest BCUT2D eigenvalue weighted by molar-refractivity contribution is 6.72. The Morgan fingerprint density at radius 2 is 1.70 bits per heavy atom. The SMILES string of the molecule is C[C@@H]1[C@@H]([Si](C)(C)F)[C@H](CC(=O)N(CCO)Cc2ccccc2)O[C@@H]1CCc1ccc(-n2ncc3ccccc3c2=O)cc1. The van der Waals surface area contributed by atoms with E-state index in [-0.39, 0.29) is 48.6 Å². The summed E-state index contributed by atoms with van der Waals surface area (Å²) in [6, 6.07) is 24.8. The summed E-state index contributed by atoms with van der Waals surface area (Å²) in [6.45, 7) is 5.93. The average Bonchev–Trinajstić information content (AvgIpc) is 3.31. The lowest BCUT2D eigenvalue weighted by molar-refractivity contribution is -0.135. The van der Waals surface area contributed by atoms with Gasteiger partial charge in [0.25, 0.3) is 5.56 Å². The van der Waals surface area contributed by atoms with Crippen LogP contribution in [0.15, 0.2) is 89.9 Å². The van der Waals surface area contributed by atoms with Crippen LogP contribution in [0.1, 0.15) is 30.9 Å². The molecule has 1 aliphatic rings. The number of hydrogen-bond donors (Lipinski definition) is 1. The van der Waals surface area contributed by atoms with E-state index in [9.17, 15) is 14.7 Å². The second kappa shape index (κ2) is 13.3. The van der Waals surface area contributed by atoms with Gasteiger partial charge < -0.3 is 18.9 Å². The molecule has 0 aliphatic carbocycles. The number of carbonyl (C=O) groups excluding carboxylic acids is 1. The number of nitrogens with zero attached hydrogens (tertiary/aromatic N) is 3. The Balaban J connectivity index is 1.25. The van der Waals surface area contributed by atoms with Crippen molar-refractivity contribution >= 4 is 25.1 Å². The fraction of sp³-hybridized carbons (Fsp3) is 0.382. The van der Waals surface area contributed by atoms with Crippen LogP contribution in [0.3, 0.4) is 0 Å². The van der Waals surface area contributed by atoms with Crippen molar-refractivity contribution in [2.45, 2.75) is 63.6 Å². The smallest absolute Gasteiger partial charge is 0.279 e. The van der Waals surface area contributed by atoms with Gasteiger partial charge in [-0.3, -0.25) is 9.59 Å². The van der Waals surface area contributed by atoms with E-state index in [1.165, 1.54) is 4.68 Å². The van der Waals surface area contributed by atoms with E-state index < -0.39 is 14.5 Å². The number of rotatable bonds is 11. The van der Waals surface area contributed by atoms with Crippen molar-refractivity contribution in [3.8, 4) is 5.69 Å². The van der Waals surface area contributed by atoms with Crippen molar-refractivity contribution in [3.05, 3.63) is 107 Å². The van der Waals surface area contributed by atoms with E-state index in [1.54, 1.807) is 30.3 Å². The molecular formula is C34H40FN3O4Si. The van der Waals surface area contributed by atoms with Crippen LogP contribution in [0, 0.1) is 5.92 Å². The summed E-state index contributed by atoms with van der Waals surface area (Å²) >= 11 is 0. The number of halogens is 1. The lowest BCUT2D eigenvalue weighted by Crippen LogP contribution is -2.40. The van der Waals surface area contributed by atoms with Crippen LogP contribution in [-0.2, 0) is 22.5 Å². The Kier molecular flexibility index (Phi) is 9.54. The summed E-state index contributed by atoms with van der Waals surface area (Å²) in [5.74, 6) is -0.156. The zero-order valence-corrected chi connectivity index (χ0v) is 26.0. The number of aliphatic hydroxyl groups is 1. The van der Waals surface area contributed by atoms with Gasteiger partial charge in [0.15, 0.2) is 0 Å². The molecule has 9 heteroatoms. The van der Waals surface area contributed by atoms with Crippen LogP contribution < -0.4 is 5.56 Å². The first-order chi connectivity index (χ1) is 20.7. The molecule has 0 unspecified atom stereocenters. The van der Waals surface area contributed by atoms with E-state index in [0.29, 0.717) is 24.0 Å². The van der Waals surface area contributed by atoms with E-state index in [1.807, 2.05) is 79.7 Å². The fourth-order valence-corrected chi connectivity index (χ4v) is 9.03. The van der Waals surface area contributed by atoms with Crippen molar-refractivity contribution < 1.29 is 18.7 Å². The summed E-state index contributed by atoms with van der Waals surface area (Å²) in [7, 11) is -3.15. The molecule has 5 rings (SSSR count). The summed E-state index contributed by atoms with van der Waals surface area (Å²) in [6.07, 6.45) is 2.55. The van der Waals surface area contributed by atoms with Gasteiger partial charge in [0.05, 0.1) is 42.5 Å². The molecule has 2 heterocycles. The van der Waals surface area contributed by atoms with Gasteiger partial charge in [-0.1, -0.05) is 67.6 Å². The largest absolute Gasteiger partial charge is 0.395 e. The number of aromatic nitrogens is 2. The third-order valence-electron chi connectivity index (χ3n) is 8.60. The van der Waals surface area contributed by atoms with Gasteiger partial charge in [0.1, 0.15) is 0 Å². The van der Waals surface area contributed by atoms with Gasteiger partial charge in [-0.2, -0.15) is 9.78 Å². The molecule has 1 aromatic heterocycles. The maximum Gasteiger partial charge on any atom is 0.279 e. The fourth-order valence-electron chi connectivity index (χ4n) is 6.48. The molecule has 1 fully saturated rings. The monoisotopic (exact) mass is 601 g/mol. The summed E-state index contributed by atoms with van der Waals surface area (Å²) in [5, 5.41) is 15.4. The van der Waals surface area contributed by atoms with Crippen LogP contribution >= 0.6 is 0 Å². The Morgan fingerprint density at radius 1 is 1.00 bits per heavy atom. The molecule has 0 saturated carbocycles. The zero-order valence-electron chi connectivity index (χ0n) is 25.0. The van der Waals surface area contributed by atoms with Gasteiger partial charge in [-0.25, -0.2) is 0 Å². The highest BCUT2D eigenvalue weighted by Gasteiger charge is 2.51. The van der Waals surface area contributed by atoms with Crippen LogP contribution in [0.5, 0.6) is 0 Å². The summed E-state index contributed by atoms with van der Waals surface area (Å²) in [5.41, 5.74) is 2.29. The summed E-state index contributed by atoms with van der Waals surface area (Å²) < 4.78 is 23.5. The number of aliphatic hydroxyl groups excluding tert-OH is 1. The average molecular weight is 602 g/mol. The lowest BCUT2D eigenvalue weighted by Gasteiger charge is -2.30. The minimum atomic E-state index is -3.15. The van der Waals surface area contributed by atoms with Crippen LogP contribution in [0.2, 0.25) is 18.6 Å². The van der Waals surface area contributed by atoms with Crippen LogP contribution in [-0.4, -0.2) is 59.5 Å². The molecule has 0 bridgehead atoms. The Hall–Kier alpha value is -3.66. The third-order valence-corrected chi connectivity index (χ3v) is 11.1. The van der Waals surface area contributed by atoms with Gasteiger partial charge in [0, 0.05) is 24.0 Å². The first kappa shape index (κ1) is 30.8. The molecule has 1 amide bonds. The van der Waals surface area contributed by atoms with Gasteiger partial charge in [-0.15, -0.1) is 0 Å². The van der Waals surface area contributed by atoms with Crippen molar-refractivity contribution in [1.29, 1.82) is 0 Å². The number of benzene rings is 3. The number of fused-ring (bicyclic) bond motifs is 1. The minimum absolute atomic E-state index is 0.0236. The van der Waals surface area contributed by atoms with E-state index in [4.69, 9.17) is 4.74 Å². The topological polar surface area (TPSA) is 84.7 Å². The number of amides is 1. The Labute approximate surface area is 253 Å². The molecule has 4 aromatic rings.